The van der Waals surface area contributed by atoms with Gasteiger partial charge in [-0.3, -0.25) is 4.79 Å². The van der Waals surface area contributed by atoms with Crippen LogP contribution in [0.5, 0.6) is 0 Å². The van der Waals surface area contributed by atoms with Crippen LogP contribution in [0.25, 0.3) is 0 Å². The molecular weight excluding hydrogens is 232 g/mol. The number of carbonyl (C=O) groups is 1. The van der Waals surface area contributed by atoms with Crippen LogP contribution in [0.1, 0.15) is 25.3 Å². The third-order valence-electron chi connectivity index (χ3n) is 2.52. The van der Waals surface area contributed by atoms with Gasteiger partial charge in [-0.1, -0.05) is 13.3 Å². The molecule has 0 fully saturated rings. The Morgan fingerprint density at radius 2 is 2.06 bits per heavy atom. The lowest BCUT2D eigenvalue weighted by Gasteiger charge is -2.14. The molecule has 1 rings (SSSR count). The molecule has 0 bridgehead atoms. The summed E-state index contributed by atoms with van der Waals surface area (Å²) in [4.78, 5) is 21.1. The normalized spacial score (nSPS) is 12.2. The van der Waals surface area contributed by atoms with Gasteiger partial charge in [-0.15, -0.1) is 0 Å². The van der Waals surface area contributed by atoms with Crippen LogP contribution in [0.2, 0.25) is 0 Å². The van der Waals surface area contributed by atoms with Gasteiger partial charge in [0.25, 0.3) is 0 Å². The van der Waals surface area contributed by atoms with Gasteiger partial charge in [0, 0.05) is 38.6 Å². The average Bonchev–Trinajstić information content (AvgIpc) is 2.34. The number of anilines is 1. The lowest BCUT2D eigenvalue weighted by molar-refractivity contribution is -0.139. The maximum Gasteiger partial charge on any atom is 0.320 e. The molecule has 1 unspecified atom stereocenters. The van der Waals surface area contributed by atoms with E-state index in [-0.39, 0.29) is 0 Å². The highest BCUT2D eigenvalue weighted by atomic mass is 16.4. The number of aromatic nitrogens is 2. The maximum atomic E-state index is 11.0. The summed E-state index contributed by atoms with van der Waals surface area (Å²) in [7, 11) is 3.74. The number of aliphatic carboxylic acids is 1. The highest BCUT2D eigenvalue weighted by molar-refractivity contribution is 5.73. The number of rotatable bonds is 7. The van der Waals surface area contributed by atoms with Crippen molar-refractivity contribution in [2.24, 2.45) is 0 Å². The van der Waals surface area contributed by atoms with Crippen molar-refractivity contribution >= 4 is 11.9 Å². The van der Waals surface area contributed by atoms with Crippen molar-refractivity contribution < 1.29 is 9.90 Å². The standard InChI is InChI=1S/C12H20N4O2/c1-4-5-10(11(17)18)13-6-9-7-14-12(15-8-9)16(2)3/h7-8,10,13H,4-6H2,1-3H3,(H,17,18). The van der Waals surface area contributed by atoms with E-state index in [4.69, 9.17) is 5.11 Å². The summed E-state index contributed by atoms with van der Waals surface area (Å²) >= 11 is 0. The molecule has 1 aromatic heterocycles. The van der Waals surface area contributed by atoms with Crippen molar-refractivity contribution in [1.82, 2.24) is 15.3 Å². The van der Waals surface area contributed by atoms with Gasteiger partial charge in [0.05, 0.1) is 0 Å². The van der Waals surface area contributed by atoms with Crippen LogP contribution in [0.4, 0.5) is 5.95 Å². The second kappa shape index (κ2) is 6.90. The predicted molar refractivity (Wildman–Crippen MR) is 69.5 cm³/mol. The Hall–Kier alpha value is -1.69. The van der Waals surface area contributed by atoms with Gasteiger partial charge in [-0.05, 0) is 6.42 Å². The van der Waals surface area contributed by atoms with Crippen LogP contribution >= 0.6 is 0 Å². The van der Waals surface area contributed by atoms with Gasteiger partial charge in [0.1, 0.15) is 6.04 Å². The second-order valence-electron chi connectivity index (χ2n) is 4.35. The molecule has 0 radical (unpaired) electrons. The van der Waals surface area contributed by atoms with E-state index in [1.807, 2.05) is 25.9 Å². The second-order valence-corrected chi connectivity index (χ2v) is 4.35. The smallest absolute Gasteiger partial charge is 0.320 e. The molecule has 1 heterocycles. The van der Waals surface area contributed by atoms with Crippen LogP contribution in [-0.4, -0.2) is 41.2 Å². The molecule has 1 atom stereocenters. The van der Waals surface area contributed by atoms with Gasteiger partial charge in [-0.2, -0.15) is 0 Å². The topological polar surface area (TPSA) is 78.4 Å². The summed E-state index contributed by atoms with van der Waals surface area (Å²) < 4.78 is 0. The first-order chi connectivity index (χ1) is 8.54. The van der Waals surface area contributed by atoms with Crippen LogP contribution in [-0.2, 0) is 11.3 Å². The zero-order valence-electron chi connectivity index (χ0n) is 11.1. The van der Waals surface area contributed by atoms with E-state index < -0.39 is 12.0 Å². The molecule has 1 aromatic rings. The number of nitrogens with one attached hydrogen (secondary N) is 1. The fourth-order valence-corrected chi connectivity index (χ4v) is 1.51. The number of hydrogen-bond acceptors (Lipinski definition) is 5. The molecule has 0 spiro atoms. The monoisotopic (exact) mass is 252 g/mol. The Labute approximate surface area is 107 Å². The number of hydrogen-bond donors (Lipinski definition) is 2. The van der Waals surface area contributed by atoms with Crippen molar-refractivity contribution in [2.45, 2.75) is 32.4 Å². The molecule has 100 valence electrons. The van der Waals surface area contributed by atoms with Gasteiger partial charge in [0.15, 0.2) is 0 Å². The lowest BCUT2D eigenvalue weighted by atomic mass is 10.1. The van der Waals surface area contributed by atoms with Crippen LogP contribution < -0.4 is 10.2 Å². The molecule has 0 saturated carbocycles. The fourth-order valence-electron chi connectivity index (χ4n) is 1.51. The molecule has 0 saturated heterocycles. The van der Waals surface area contributed by atoms with Crippen molar-refractivity contribution in [3.8, 4) is 0 Å². The molecule has 0 aliphatic heterocycles. The lowest BCUT2D eigenvalue weighted by Crippen LogP contribution is -2.36. The molecule has 0 amide bonds. The van der Waals surface area contributed by atoms with E-state index in [0.29, 0.717) is 18.9 Å². The molecule has 0 aromatic carbocycles. The van der Waals surface area contributed by atoms with Gasteiger partial charge >= 0.3 is 5.97 Å². The van der Waals surface area contributed by atoms with Crippen LogP contribution in [0, 0.1) is 0 Å². The summed E-state index contributed by atoms with van der Waals surface area (Å²) in [6.45, 7) is 2.43. The first kappa shape index (κ1) is 14.4. The minimum Gasteiger partial charge on any atom is -0.480 e. The van der Waals surface area contributed by atoms with Gasteiger partial charge in [-0.25, -0.2) is 9.97 Å². The van der Waals surface area contributed by atoms with E-state index in [9.17, 15) is 4.79 Å². The highest BCUT2D eigenvalue weighted by Crippen LogP contribution is 2.04. The largest absolute Gasteiger partial charge is 0.480 e. The third kappa shape index (κ3) is 4.29. The number of carboxylic acids is 1. The maximum absolute atomic E-state index is 11.0. The number of carboxylic acid groups (broad SMARTS) is 1. The van der Waals surface area contributed by atoms with Gasteiger partial charge < -0.3 is 15.3 Å². The first-order valence-corrected chi connectivity index (χ1v) is 5.99. The summed E-state index contributed by atoms with van der Waals surface area (Å²) in [6.07, 6.45) is 4.87. The highest BCUT2D eigenvalue weighted by Gasteiger charge is 2.15. The van der Waals surface area contributed by atoms with Gasteiger partial charge in [0.2, 0.25) is 5.95 Å². The summed E-state index contributed by atoms with van der Waals surface area (Å²) in [5.74, 6) is -0.176. The van der Waals surface area contributed by atoms with E-state index >= 15 is 0 Å². The van der Waals surface area contributed by atoms with Crippen molar-refractivity contribution in [2.75, 3.05) is 19.0 Å². The Bertz CT molecular complexity index is 378. The van der Waals surface area contributed by atoms with Crippen LogP contribution in [0.15, 0.2) is 12.4 Å². The summed E-state index contributed by atoms with van der Waals surface area (Å²) in [5.41, 5.74) is 0.878. The Morgan fingerprint density at radius 1 is 1.44 bits per heavy atom. The average molecular weight is 252 g/mol. The minimum absolute atomic E-state index is 0.463. The fraction of sp³-hybridized carbons (Fsp3) is 0.583. The summed E-state index contributed by atoms with van der Waals surface area (Å²) in [6, 6.07) is -0.511. The summed E-state index contributed by atoms with van der Waals surface area (Å²) in [5, 5.41) is 12.0. The minimum atomic E-state index is -0.817. The Balaban J connectivity index is 2.54. The van der Waals surface area contributed by atoms with Crippen LogP contribution in [0.3, 0.4) is 0 Å². The Morgan fingerprint density at radius 3 is 2.50 bits per heavy atom. The molecule has 18 heavy (non-hydrogen) atoms. The predicted octanol–water partition coefficient (Wildman–Crippen LogP) is 0.885. The van der Waals surface area contributed by atoms with Crippen molar-refractivity contribution in [3.63, 3.8) is 0 Å². The zero-order valence-corrected chi connectivity index (χ0v) is 11.1. The molecular formula is C12H20N4O2. The molecule has 2 N–H and O–H groups in total. The quantitative estimate of drug-likeness (QED) is 0.750. The Kier molecular flexibility index (Phi) is 5.51. The van der Waals surface area contributed by atoms with E-state index in [1.165, 1.54) is 0 Å². The SMILES string of the molecule is CCCC(NCc1cnc(N(C)C)nc1)C(=O)O. The van der Waals surface area contributed by atoms with Crippen molar-refractivity contribution in [3.05, 3.63) is 18.0 Å². The first-order valence-electron chi connectivity index (χ1n) is 5.99. The molecule has 0 aliphatic carbocycles. The molecule has 6 nitrogen and oxygen atoms in total. The van der Waals surface area contributed by atoms with E-state index in [2.05, 4.69) is 15.3 Å². The van der Waals surface area contributed by atoms with Crippen molar-refractivity contribution in [1.29, 1.82) is 0 Å². The van der Waals surface area contributed by atoms with E-state index in [1.54, 1.807) is 12.4 Å². The van der Waals surface area contributed by atoms with E-state index in [0.717, 1.165) is 12.0 Å². The zero-order chi connectivity index (χ0) is 13.5. The molecule has 6 heteroatoms. The molecule has 0 aliphatic rings. The number of nitrogens with zero attached hydrogens (tertiary/aromatic N) is 3. The third-order valence-corrected chi connectivity index (χ3v) is 2.52.